The standard InChI is InChI=1S/C20H25N3O2S/c1-13(2)20(3,24)12-21-18-17-15(14-8-6-5-7-9-14)11-26-19(17)23-16(22-18)10-25-4/h5-9,11,13,24H,10,12H2,1-4H3,(H,21,22,23). The smallest absolute Gasteiger partial charge is 0.158 e. The van der Waals surface area contributed by atoms with Gasteiger partial charge in [-0.2, -0.15) is 0 Å². The molecule has 1 atom stereocenters. The van der Waals surface area contributed by atoms with E-state index in [2.05, 4.69) is 32.8 Å². The molecule has 26 heavy (non-hydrogen) atoms. The zero-order valence-electron chi connectivity index (χ0n) is 15.6. The molecule has 0 aliphatic heterocycles. The summed E-state index contributed by atoms with van der Waals surface area (Å²) in [6.45, 7) is 6.61. The predicted molar refractivity (Wildman–Crippen MR) is 108 cm³/mol. The summed E-state index contributed by atoms with van der Waals surface area (Å²) >= 11 is 1.59. The van der Waals surface area contributed by atoms with E-state index in [0.29, 0.717) is 19.0 Å². The van der Waals surface area contributed by atoms with Crippen LogP contribution in [0.3, 0.4) is 0 Å². The lowest BCUT2D eigenvalue weighted by Gasteiger charge is -2.28. The van der Waals surface area contributed by atoms with Crippen LogP contribution >= 0.6 is 11.3 Å². The number of anilines is 1. The van der Waals surface area contributed by atoms with E-state index >= 15 is 0 Å². The quantitative estimate of drug-likeness (QED) is 0.647. The molecule has 138 valence electrons. The van der Waals surface area contributed by atoms with E-state index in [-0.39, 0.29) is 5.92 Å². The molecule has 2 N–H and O–H groups in total. The van der Waals surface area contributed by atoms with Crippen LogP contribution in [0.15, 0.2) is 35.7 Å². The zero-order valence-corrected chi connectivity index (χ0v) is 16.4. The second kappa shape index (κ2) is 7.70. The molecule has 3 rings (SSSR count). The Morgan fingerprint density at radius 1 is 1.23 bits per heavy atom. The van der Waals surface area contributed by atoms with Crippen LogP contribution in [0.1, 0.15) is 26.6 Å². The number of nitrogens with zero attached hydrogens (tertiary/aromatic N) is 2. The Hall–Kier alpha value is -2.02. The Labute approximate surface area is 158 Å². The fourth-order valence-electron chi connectivity index (χ4n) is 2.60. The van der Waals surface area contributed by atoms with Gasteiger partial charge in [-0.3, -0.25) is 0 Å². The number of hydrogen-bond donors (Lipinski definition) is 2. The van der Waals surface area contributed by atoms with Gasteiger partial charge in [0, 0.05) is 24.6 Å². The van der Waals surface area contributed by atoms with Crippen LogP contribution in [0.25, 0.3) is 21.3 Å². The van der Waals surface area contributed by atoms with E-state index in [1.54, 1.807) is 18.4 Å². The van der Waals surface area contributed by atoms with E-state index in [9.17, 15) is 5.11 Å². The maximum Gasteiger partial charge on any atom is 0.158 e. The van der Waals surface area contributed by atoms with Gasteiger partial charge < -0.3 is 15.2 Å². The van der Waals surface area contributed by atoms with E-state index < -0.39 is 5.60 Å². The Bertz CT molecular complexity index is 875. The number of fused-ring (bicyclic) bond motifs is 1. The van der Waals surface area contributed by atoms with Gasteiger partial charge in [-0.05, 0) is 18.4 Å². The average molecular weight is 372 g/mol. The van der Waals surface area contributed by atoms with E-state index in [1.807, 2.05) is 39.0 Å². The van der Waals surface area contributed by atoms with Crippen molar-refractivity contribution in [3.8, 4) is 11.1 Å². The van der Waals surface area contributed by atoms with E-state index in [1.165, 1.54) is 0 Å². The maximum atomic E-state index is 10.6. The van der Waals surface area contributed by atoms with Crippen LogP contribution in [0.4, 0.5) is 5.82 Å². The van der Waals surface area contributed by atoms with Gasteiger partial charge in [0.1, 0.15) is 17.3 Å². The van der Waals surface area contributed by atoms with Crippen LogP contribution in [-0.2, 0) is 11.3 Å². The number of aliphatic hydroxyl groups is 1. The largest absolute Gasteiger partial charge is 0.388 e. The molecule has 0 saturated heterocycles. The summed E-state index contributed by atoms with van der Waals surface area (Å²) in [5.41, 5.74) is 1.39. The normalized spacial score (nSPS) is 13.9. The van der Waals surface area contributed by atoms with Gasteiger partial charge in [0.2, 0.25) is 0 Å². The third-order valence-electron chi connectivity index (χ3n) is 4.70. The molecule has 0 saturated carbocycles. The van der Waals surface area contributed by atoms with Gasteiger partial charge in [-0.15, -0.1) is 11.3 Å². The van der Waals surface area contributed by atoms with Crippen molar-refractivity contribution >= 4 is 27.4 Å². The van der Waals surface area contributed by atoms with E-state index in [4.69, 9.17) is 4.74 Å². The second-order valence-corrected chi connectivity index (χ2v) is 7.84. The molecule has 2 aromatic heterocycles. The molecule has 3 aromatic rings. The Morgan fingerprint density at radius 3 is 2.62 bits per heavy atom. The predicted octanol–water partition coefficient (Wildman–Crippen LogP) is 4.32. The molecule has 0 aliphatic rings. The highest BCUT2D eigenvalue weighted by Crippen LogP contribution is 2.37. The molecule has 5 nitrogen and oxygen atoms in total. The summed E-state index contributed by atoms with van der Waals surface area (Å²) in [6, 6.07) is 10.2. The molecule has 0 aliphatic carbocycles. The number of ether oxygens (including phenoxy) is 1. The molecular formula is C20H25N3O2S. The molecule has 0 radical (unpaired) electrons. The van der Waals surface area contributed by atoms with Crippen molar-refractivity contribution in [3.63, 3.8) is 0 Å². The first kappa shape index (κ1) is 18.8. The first-order valence-corrected chi connectivity index (χ1v) is 9.59. The molecule has 1 aromatic carbocycles. The van der Waals surface area contributed by atoms with E-state index in [0.717, 1.165) is 27.2 Å². The number of benzene rings is 1. The van der Waals surface area contributed by atoms with Crippen molar-refractivity contribution in [2.45, 2.75) is 33.0 Å². The molecule has 0 spiro atoms. The molecule has 0 fully saturated rings. The molecule has 2 heterocycles. The SMILES string of the molecule is COCc1nc(NCC(C)(O)C(C)C)c2c(-c3ccccc3)csc2n1. The first-order valence-electron chi connectivity index (χ1n) is 8.71. The van der Waals surface area contributed by atoms with Crippen LogP contribution in [0.5, 0.6) is 0 Å². The van der Waals surface area contributed by atoms with Crippen LogP contribution in [0, 0.1) is 5.92 Å². The topological polar surface area (TPSA) is 67.3 Å². The monoisotopic (exact) mass is 371 g/mol. The summed E-state index contributed by atoms with van der Waals surface area (Å²) in [7, 11) is 1.63. The zero-order chi connectivity index (χ0) is 18.7. The molecule has 1 unspecified atom stereocenters. The third-order valence-corrected chi connectivity index (χ3v) is 5.57. The lowest BCUT2D eigenvalue weighted by Crippen LogP contribution is -2.39. The van der Waals surface area contributed by atoms with Crippen molar-refractivity contribution < 1.29 is 9.84 Å². The summed E-state index contributed by atoms with van der Waals surface area (Å²) < 4.78 is 5.21. The first-order chi connectivity index (χ1) is 12.4. The van der Waals surface area contributed by atoms with Gasteiger partial charge in [-0.1, -0.05) is 44.2 Å². The van der Waals surface area contributed by atoms with Gasteiger partial charge in [-0.25, -0.2) is 9.97 Å². The average Bonchev–Trinajstić information content (AvgIpc) is 3.05. The second-order valence-electron chi connectivity index (χ2n) is 6.98. The number of rotatable bonds is 7. The molecule has 0 amide bonds. The fraction of sp³-hybridized carbons (Fsp3) is 0.400. The highest BCUT2D eigenvalue weighted by Gasteiger charge is 2.25. The Balaban J connectivity index is 2.07. The van der Waals surface area contributed by atoms with Gasteiger partial charge >= 0.3 is 0 Å². The minimum absolute atomic E-state index is 0.127. The lowest BCUT2D eigenvalue weighted by molar-refractivity contribution is 0.0266. The molecule has 0 bridgehead atoms. The van der Waals surface area contributed by atoms with Crippen molar-refractivity contribution in [1.82, 2.24) is 9.97 Å². The highest BCUT2D eigenvalue weighted by molar-refractivity contribution is 7.17. The van der Waals surface area contributed by atoms with Crippen LogP contribution in [-0.4, -0.2) is 34.3 Å². The molecular weight excluding hydrogens is 346 g/mol. The van der Waals surface area contributed by atoms with Crippen molar-refractivity contribution in [2.24, 2.45) is 5.92 Å². The van der Waals surface area contributed by atoms with Gasteiger partial charge in [0.05, 0.1) is 11.0 Å². The molecule has 6 heteroatoms. The van der Waals surface area contributed by atoms with Crippen molar-refractivity contribution in [3.05, 3.63) is 41.5 Å². The summed E-state index contributed by atoms with van der Waals surface area (Å²) in [5.74, 6) is 1.50. The number of methoxy groups -OCH3 is 1. The van der Waals surface area contributed by atoms with Crippen molar-refractivity contribution in [1.29, 1.82) is 0 Å². The Kier molecular flexibility index (Phi) is 5.55. The van der Waals surface area contributed by atoms with Gasteiger partial charge in [0.25, 0.3) is 0 Å². The summed E-state index contributed by atoms with van der Waals surface area (Å²) in [4.78, 5) is 10.2. The summed E-state index contributed by atoms with van der Waals surface area (Å²) in [5, 5.41) is 17.1. The lowest BCUT2D eigenvalue weighted by atomic mass is 9.92. The number of nitrogens with one attached hydrogen (secondary N) is 1. The number of hydrogen-bond acceptors (Lipinski definition) is 6. The summed E-state index contributed by atoms with van der Waals surface area (Å²) in [6.07, 6.45) is 0. The maximum absolute atomic E-state index is 10.6. The number of thiophene rings is 1. The third kappa shape index (κ3) is 3.87. The minimum atomic E-state index is -0.832. The van der Waals surface area contributed by atoms with Crippen molar-refractivity contribution in [2.75, 3.05) is 19.0 Å². The highest BCUT2D eigenvalue weighted by atomic mass is 32.1. The minimum Gasteiger partial charge on any atom is -0.388 e. The number of aromatic nitrogens is 2. The van der Waals surface area contributed by atoms with Gasteiger partial charge in [0.15, 0.2) is 5.82 Å². The van der Waals surface area contributed by atoms with Crippen LogP contribution in [0.2, 0.25) is 0 Å². The van der Waals surface area contributed by atoms with Crippen LogP contribution < -0.4 is 5.32 Å². The Morgan fingerprint density at radius 2 is 1.96 bits per heavy atom. The fourth-order valence-corrected chi connectivity index (χ4v) is 3.57.